The third-order valence-electron chi connectivity index (χ3n) is 2.10. The Kier molecular flexibility index (Phi) is 2.90. The fourth-order valence-corrected chi connectivity index (χ4v) is 1.94. The van der Waals surface area contributed by atoms with Crippen molar-refractivity contribution in [1.82, 2.24) is 0 Å². The number of aromatic hydroxyl groups is 1. The third-order valence-corrected chi connectivity index (χ3v) is 2.97. The normalized spacial score (nSPS) is 11.8. The standard InChI is InChI=1S/C11H15IO/c1-7-5-10(13)9(12)6-8(7)11(2,3)4/h5-6,13H,1-4H3. The van der Waals surface area contributed by atoms with Gasteiger partial charge in [0.25, 0.3) is 0 Å². The summed E-state index contributed by atoms with van der Waals surface area (Å²) in [6, 6.07) is 3.90. The van der Waals surface area contributed by atoms with Crippen molar-refractivity contribution >= 4 is 22.6 Å². The van der Waals surface area contributed by atoms with Gasteiger partial charge in [0.2, 0.25) is 0 Å². The average molecular weight is 290 g/mol. The molecule has 13 heavy (non-hydrogen) atoms. The lowest BCUT2D eigenvalue weighted by Gasteiger charge is -2.22. The molecule has 0 amide bonds. The summed E-state index contributed by atoms with van der Waals surface area (Å²) < 4.78 is 0.924. The van der Waals surface area contributed by atoms with Gasteiger partial charge in [0, 0.05) is 0 Å². The molecule has 0 saturated heterocycles. The van der Waals surface area contributed by atoms with Crippen LogP contribution in [0.3, 0.4) is 0 Å². The van der Waals surface area contributed by atoms with Crippen LogP contribution in [-0.2, 0) is 5.41 Å². The molecule has 0 aliphatic rings. The molecule has 2 heteroatoms. The van der Waals surface area contributed by atoms with Gasteiger partial charge in [0.15, 0.2) is 0 Å². The smallest absolute Gasteiger partial charge is 0.129 e. The van der Waals surface area contributed by atoms with Gasteiger partial charge in [-0.3, -0.25) is 0 Å². The van der Waals surface area contributed by atoms with Gasteiger partial charge in [-0.1, -0.05) is 20.8 Å². The van der Waals surface area contributed by atoms with Crippen molar-refractivity contribution in [2.45, 2.75) is 33.1 Å². The van der Waals surface area contributed by atoms with Crippen molar-refractivity contribution in [2.24, 2.45) is 0 Å². The fourth-order valence-electron chi connectivity index (χ4n) is 1.47. The van der Waals surface area contributed by atoms with Crippen LogP contribution in [-0.4, -0.2) is 5.11 Å². The fraction of sp³-hybridized carbons (Fsp3) is 0.455. The first-order chi connectivity index (χ1) is 5.82. The van der Waals surface area contributed by atoms with E-state index in [0.29, 0.717) is 5.75 Å². The molecule has 0 heterocycles. The minimum atomic E-state index is 0.151. The van der Waals surface area contributed by atoms with Gasteiger partial charge in [-0.15, -0.1) is 0 Å². The number of hydrogen-bond acceptors (Lipinski definition) is 1. The van der Waals surface area contributed by atoms with E-state index < -0.39 is 0 Å². The summed E-state index contributed by atoms with van der Waals surface area (Å²) in [6.45, 7) is 8.59. The zero-order valence-corrected chi connectivity index (χ0v) is 10.6. The molecule has 1 N–H and O–H groups in total. The van der Waals surface area contributed by atoms with Crippen LogP contribution < -0.4 is 0 Å². The second-order valence-electron chi connectivity index (χ2n) is 4.37. The highest BCUT2D eigenvalue weighted by Crippen LogP contribution is 2.31. The lowest BCUT2D eigenvalue weighted by Crippen LogP contribution is -2.13. The Hall–Kier alpha value is -0.250. The monoisotopic (exact) mass is 290 g/mol. The minimum Gasteiger partial charge on any atom is -0.507 e. The highest BCUT2D eigenvalue weighted by atomic mass is 127. The Labute approximate surface area is 93.3 Å². The molecule has 0 radical (unpaired) electrons. The van der Waals surface area contributed by atoms with E-state index >= 15 is 0 Å². The van der Waals surface area contributed by atoms with Crippen molar-refractivity contribution < 1.29 is 5.11 Å². The average Bonchev–Trinajstić information content (AvgIpc) is 1.94. The second-order valence-corrected chi connectivity index (χ2v) is 5.53. The van der Waals surface area contributed by atoms with Crippen LogP contribution >= 0.6 is 22.6 Å². The van der Waals surface area contributed by atoms with E-state index in [-0.39, 0.29) is 5.41 Å². The van der Waals surface area contributed by atoms with E-state index in [1.807, 2.05) is 13.0 Å². The number of phenols is 1. The van der Waals surface area contributed by atoms with E-state index in [1.54, 1.807) is 0 Å². The van der Waals surface area contributed by atoms with Crippen molar-refractivity contribution in [3.63, 3.8) is 0 Å². The summed E-state index contributed by atoms with van der Waals surface area (Å²) in [5.74, 6) is 0.381. The topological polar surface area (TPSA) is 20.2 Å². The van der Waals surface area contributed by atoms with Gasteiger partial charge in [-0.05, 0) is 58.2 Å². The van der Waals surface area contributed by atoms with Crippen LogP contribution in [0.25, 0.3) is 0 Å². The maximum Gasteiger partial charge on any atom is 0.129 e. The van der Waals surface area contributed by atoms with Crippen LogP contribution in [0.15, 0.2) is 12.1 Å². The lowest BCUT2D eigenvalue weighted by molar-refractivity contribution is 0.469. The van der Waals surface area contributed by atoms with E-state index in [4.69, 9.17) is 0 Å². The Morgan fingerprint density at radius 2 is 1.77 bits per heavy atom. The summed E-state index contributed by atoms with van der Waals surface area (Å²) >= 11 is 2.16. The van der Waals surface area contributed by atoms with Gasteiger partial charge in [-0.2, -0.15) is 0 Å². The summed E-state index contributed by atoms with van der Waals surface area (Å²) in [4.78, 5) is 0. The molecule has 0 aromatic heterocycles. The molecule has 0 saturated carbocycles. The summed E-state index contributed by atoms with van der Waals surface area (Å²) in [7, 11) is 0. The quantitative estimate of drug-likeness (QED) is 0.724. The maximum atomic E-state index is 9.48. The Morgan fingerprint density at radius 3 is 2.23 bits per heavy atom. The number of aryl methyl sites for hydroxylation is 1. The molecule has 0 aliphatic carbocycles. The molecular weight excluding hydrogens is 275 g/mol. The van der Waals surface area contributed by atoms with Crippen LogP contribution in [0.2, 0.25) is 0 Å². The molecule has 0 spiro atoms. The summed E-state index contributed by atoms with van der Waals surface area (Å²) in [5.41, 5.74) is 2.61. The van der Waals surface area contributed by atoms with E-state index in [0.717, 1.165) is 9.13 Å². The van der Waals surface area contributed by atoms with Crippen molar-refractivity contribution in [1.29, 1.82) is 0 Å². The van der Waals surface area contributed by atoms with Crippen molar-refractivity contribution in [2.75, 3.05) is 0 Å². The predicted molar refractivity (Wildman–Crippen MR) is 64.3 cm³/mol. The lowest BCUT2D eigenvalue weighted by atomic mass is 9.84. The maximum absolute atomic E-state index is 9.48. The molecule has 0 atom stereocenters. The van der Waals surface area contributed by atoms with E-state index in [1.165, 1.54) is 5.56 Å². The van der Waals surface area contributed by atoms with Crippen LogP contribution in [0.1, 0.15) is 31.9 Å². The van der Waals surface area contributed by atoms with Gasteiger partial charge in [0.1, 0.15) is 5.75 Å². The first-order valence-electron chi connectivity index (χ1n) is 4.32. The molecule has 0 fully saturated rings. The van der Waals surface area contributed by atoms with Gasteiger partial charge < -0.3 is 5.11 Å². The van der Waals surface area contributed by atoms with E-state index in [2.05, 4.69) is 49.4 Å². The van der Waals surface area contributed by atoms with Crippen LogP contribution in [0, 0.1) is 10.5 Å². The van der Waals surface area contributed by atoms with Crippen LogP contribution in [0.4, 0.5) is 0 Å². The molecule has 1 rings (SSSR count). The highest BCUT2D eigenvalue weighted by Gasteiger charge is 2.17. The molecular formula is C11H15IO. The van der Waals surface area contributed by atoms with Gasteiger partial charge >= 0.3 is 0 Å². The van der Waals surface area contributed by atoms with E-state index in [9.17, 15) is 5.11 Å². The van der Waals surface area contributed by atoms with Gasteiger partial charge in [0.05, 0.1) is 3.57 Å². The Balaban J connectivity index is 3.32. The number of rotatable bonds is 0. The molecule has 1 aromatic carbocycles. The third kappa shape index (κ3) is 2.36. The second kappa shape index (κ2) is 3.48. The zero-order valence-electron chi connectivity index (χ0n) is 8.48. The summed E-state index contributed by atoms with van der Waals surface area (Å²) in [5, 5.41) is 9.48. The molecule has 72 valence electrons. The molecule has 0 unspecified atom stereocenters. The number of halogens is 1. The molecule has 0 aliphatic heterocycles. The number of hydrogen-bond donors (Lipinski definition) is 1. The van der Waals surface area contributed by atoms with Gasteiger partial charge in [-0.25, -0.2) is 0 Å². The Bertz CT molecular complexity index is 324. The minimum absolute atomic E-state index is 0.151. The number of phenolic OH excluding ortho intramolecular Hbond substituents is 1. The first-order valence-corrected chi connectivity index (χ1v) is 5.40. The molecule has 1 nitrogen and oxygen atoms in total. The summed E-state index contributed by atoms with van der Waals surface area (Å²) in [6.07, 6.45) is 0. The number of benzene rings is 1. The zero-order chi connectivity index (χ0) is 10.2. The van der Waals surface area contributed by atoms with Crippen LogP contribution in [0.5, 0.6) is 5.75 Å². The SMILES string of the molecule is Cc1cc(O)c(I)cc1C(C)(C)C. The van der Waals surface area contributed by atoms with Crippen molar-refractivity contribution in [3.8, 4) is 5.75 Å². The highest BCUT2D eigenvalue weighted by molar-refractivity contribution is 14.1. The first kappa shape index (κ1) is 10.8. The predicted octanol–water partition coefficient (Wildman–Crippen LogP) is 3.60. The largest absolute Gasteiger partial charge is 0.507 e. The molecule has 1 aromatic rings. The Morgan fingerprint density at radius 1 is 1.23 bits per heavy atom. The molecule has 0 bridgehead atoms. The van der Waals surface area contributed by atoms with Crippen molar-refractivity contribution in [3.05, 3.63) is 26.8 Å².